The van der Waals surface area contributed by atoms with Gasteiger partial charge in [-0.05, 0) is 18.2 Å². The first kappa shape index (κ1) is 8.13. The number of halogens is 1. The number of pyridine rings is 1. The van der Waals surface area contributed by atoms with Crippen LogP contribution in [0.4, 0.5) is 5.69 Å². The Bertz CT molecular complexity index is 470. The van der Waals surface area contributed by atoms with E-state index in [0.29, 0.717) is 10.8 Å². The molecular weight excluding hydrogens is 188 g/mol. The number of rotatable bonds is 0. The number of anilines is 1. The second kappa shape index (κ2) is 2.78. The SMILES string of the molecule is Nc1c(O)ccc2c(Cl)nccc12. The standard InChI is InChI=1S/C9H7ClN2O/c10-9-6-1-2-7(13)8(11)5(6)3-4-12-9/h1-4,13H,11H2. The summed E-state index contributed by atoms with van der Waals surface area (Å²) in [5, 5.41) is 11.2. The third-order valence-corrected chi connectivity index (χ3v) is 2.22. The maximum atomic E-state index is 9.32. The summed E-state index contributed by atoms with van der Waals surface area (Å²) in [5.41, 5.74) is 5.99. The van der Waals surface area contributed by atoms with Crippen molar-refractivity contribution in [3.8, 4) is 5.75 Å². The topological polar surface area (TPSA) is 59.1 Å². The van der Waals surface area contributed by atoms with E-state index < -0.39 is 0 Å². The normalized spacial score (nSPS) is 10.5. The van der Waals surface area contributed by atoms with Crippen LogP contribution in [0.1, 0.15) is 0 Å². The average molecular weight is 195 g/mol. The van der Waals surface area contributed by atoms with Gasteiger partial charge in [0.05, 0.1) is 5.69 Å². The molecule has 0 fully saturated rings. The van der Waals surface area contributed by atoms with Gasteiger partial charge in [-0.25, -0.2) is 4.98 Å². The van der Waals surface area contributed by atoms with Crippen LogP contribution < -0.4 is 5.73 Å². The lowest BCUT2D eigenvalue weighted by Crippen LogP contribution is -1.88. The van der Waals surface area contributed by atoms with Crippen LogP contribution in [-0.2, 0) is 0 Å². The molecule has 0 aliphatic carbocycles. The van der Waals surface area contributed by atoms with E-state index in [9.17, 15) is 5.11 Å². The van der Waals surface area contributed by atoms with Gasteiger partial charge in [-0.2, -0.15) is 0 Å². The lowest BCUT2D eigenvalue weighted by molar-refractivity contribution is 0.478. The van der Waals surface area contributed by atoms with Crippen molar-refractivity contribution in [2.24, 2.45) is 0 Å². The van der Waals surface area contributed by atoms with Crippen LogP contribution in [0.2, 0.25) is 5.15 Å². The number of phenolic OH excluding ortho intramolecular Hbond substituents is 1. The van der Waals surface area contributed by atoms with Crippen LogP contribution in [0.15, 0.2) is 24.4 Å². The van der Waals surface area contributed by atoms with Crippen molar-refractivity contribution >= 4 is 28.1 Å². The molecular formula is C9H7ClN2O. The number of nitrogens with zero attached hydrogens (tertiary/aromatic N) is 1. The molecule has 1 aromatic heterocycles. The molecule has 0 spiro atoms. The molecule has 0 radical (unpaired) electrons. The number of nitrogens with two attached hydrogens (primary N) is 1. The van der Waals surface area contributed by atoms with E-state index in [4.69, 9.17) is 17.3 Å². The first-order valence-electron chi connectivity index (χ1n) is 3.72. The fraction of sp³-hybridized carbons (Fsp3) is 0. The maximum Gasteiger partial charge on any atom is 0.139 e. The summed E-state index contributed by atoms with van der Waals surface area (Å²) in [5.74, 6) is 0.0646. The van der Waals surface area contributed by atoms with Crippen LogP contribution >= 0.6 is 11.6 Å². The van der Waals surface area contributed by atoms with E-state index in [-0.39, 0.29) is 5.75 Å². The minimum atomic E-state index is 0.0646. The van der Waals surface area contributed by atoms with Crippen LogP contribution in [0, 0.1) is 0 Å². The average Bonchev–Trinajstić information content (AvgIpc) is 2.12. The zero-order valence-electron chi connectivity index (χ0n) is 6.66. The Morgan fingerprint density at radius 1 is 1.23 bits per heavy atom. The zero-order valence-corrected chi connectivity index (χ0v) is 7.42. The van der Waals surface area contributed by atoms with E-state index in [1.807, 2.05) is 0 Å². The Hall–Kier alpha value is -1.48. The van der Waals surface area contributed by atoms with Crippen molar-refractivity contribution in [3.05, 3.63) is 29.5 Å². The Kier molecular flexibility index (Phi) is 1.74. The lowest BCUT2D eigenvalue weighted by atomic mass is 10.1. The highest BCUT2D eigenvalue weighted by atomic mass is 35.5. The van der Waals surface area contributed by atoms with Gasteiger partial charge in [0.25, 0.3) is 0 Å². The van der Waals surface area contributed by atoms with Crippen LogP contribution in [0.3, 0.4) is 0 Å². The molecule has 4 heteroatoms. The van der Waals surface area contributed by atoms with Crippen LogP contribution in [0.5, 0.6) is 5.75 Å². The van der Waals surface area contributed by atoms with Gasteiger partial charge in [0.1, 0.15) is 10.9 Å². The van der Waals surface area contributed by atoms with E-state index >= 15 is 0 Å². The number of aromatic nitrogens is 1. The van der Waals surface area contributed by atoms with Gasteiger partial charge in [-0.3, -0.25) is 0 Å². The van der Waals surface area contributed by atoms with E-state index in [1.165, 1.54) is 6.07 Å². The number of benzene rings is 1. The van der Waals surface area contributed by atoms with Crippen LogP contribution in [0.25, 0.3) is 10.8 Å². The van der Waals surface area contributed by atoms with Crippen molar-refractivity contribution in [2.45, 2.75) is 0 Å². The molecule has 0 aliphatic heterocycles. The van der Waals surface area contributed by atoms with E-state index in [0.717, 1.165) is 10.8 Å². The smallest absolute Gasteiger partial charge is 0.139 e. The monoisotopic (exact) mass is 194 g/mol. The summed E-state index contributed by atoms with van der Waals surface area (Å²) >= 11 is 5.83. The molecule has 0 aliphatic rings. The lowest BCUT2D eigenvalue weighted by Gasteiger charge is -2.04. The molecule has 3 nitrogen and oxygen atoms in total. The maximum absolute atomic E-state index is 9.32. The number of fused-ring (bicyclic) bond motifs is 1. The van der Waals surface area contributed by atoms with Gasteiger partial charge in [0.2, 0.25) is 0 Å². The largest absolute Gasteiger partial charge is 0.506 e. The number of nitrogen functional groups attached to an aromatic ring is 1. The predicted octanol–water partition coefficient (Wildman–Crippen LogP) is 2.18. The highest BCUT2D eigenvalue weighted by Crippen LogP contribution is 2.31. The van der Waals surface area contributed by atoms with Crippen molar-refractivity contribution in [3.63, 3.8) is 0 Å². The summed E-state index contributed by atoms with van der Waals surface area (Å²) in [6.45, 7) is 0. The van der Waals surface area contributed by atoms with Gasteiger partial charge >= 0.3 is 0 Å². The molecule has 0 saturated heterocycles. The van der Waals surface area contributed by atoms with Crippen molar-refractivity contribution in [1.82, 2.24) is 4.98 Å². The minimum absolute atomic E-state index is 0.0646. The molecule has 1 heterocycles. The van der Waals surface area contributed by atoms with Gasteiger partial charge in [-0.1, -0.05) is 11.6 Å². The third kappa shape index (κ3) is 1.17. The molecule has 0 unspecified atom stereocenters. The highest BCUT2D eigenvalue weighted by molar-refractivity contribution is 6.34. The Morgan fingerprint density at radius 3 is 2.77 bits per heavy atom. The third-order valence-electron chi connectivity index (χ3n) is 1.92. The molecule has 3 N–H and O–H groups in total. The number of phenols is 1. The number of hydrogen-bond donors (Lipinski definition) is 2. The first-order valence-corrected chi connectivity index (χ1v) is 4.09. The number of aromatic hydroxyl groups is 1. The molecule has 2 aromatic rings. The fourth-order valence-electron chi connectivity index (χ4n) is 1.23. The Balaban J connectivity index is 2.94. The molecule has 0 atom stereocenters. The number of hydrogen-bond acceptors (Lipinski definition) is 3. The molecule has 1 aromatic carbocycles. The van der Waals surface area contributed by atoms with Gasteiger partial charge in [-0.15, -0.1) is 0 Å². The summed E-state index contributed by atoms with van der Waals surface area (Å²) in [4.78, 5) is 3.91. The molecule has 2 rings (SSSR count). The van der Waals surface area contributed by atoms with Crippen molar-refractivity contribution in [1.29, 1.82) is 0 Å². The van der Waals surface area contributed by atoms with Crippen LogP contribution in [-0.4, -0.2) is 10.1 Å². The molecule has 0 bridgehead atoms. The minimum Gasteiger partial charge on any atom is -0.506 e. The first-order chi connectivity index (χ1) is 6.20. The molecule has 66 valence electrons. The summed E-state index contributed by atoms with van der Waals surface area (Å²) in [6, 6.07) is 4.91. The Morgan fingerprint density at radius 2 is 2.00 bits per heavy atom. The fourth-order valence-corrected chi connectivity index (χ4v) is 1.45. The summed E-state index contributed by atoms with van der Waals surface area (Å²) in [6.07, 6.45) is 1.56. The van der Waals surface area contributed by atoms with Gasteiger partial charge in [0, 0.05) is 17.0 Å². The predicted molar refractivity (Wildman–Crippen MR) is 52.8 cm³/mol. The highest BCUT2D eigenvalue weighted by Gasteiger charge is 2.05. The Labute approximate surface area is 79.8 Å². The molecule has 0 amide bonds. The summed E-state index contributed by atoms with van der Waals surface area (Å²) in [7, 11) is 0. The second-order valence-corrected chi connectivity index (χ2v) is 3.05. The van der Waals surface area contributed by atoms with Gasteiger partial charge in [0.15, 0.2) is 0 Å². The van der Waals surface area contributed by atoms with Gasteiger partial charge < -0.3 is 10.8 Å². The van der Waals surface area contributed by atoms with E-state index in [1.54, 1.807) is 18.3 Å². The zero-order chi connectivity index (χ0) is 9.42. The van der Waals surface area contributed by atoms with E-state index in [2.05, 4.69) is 4.98 Å². The summed E-state index contributed by atoms with van der Waals surface area (Å²) < 4.78 is 0. The van der Waals surface area contributed by atoms with Crippen molar-refractivity contribution in [2.75, 3.05) is 5.73 Å². The second-order valence-electron chi connectivity index (χ2n) is 2.70. The quantitative estimate of drug-likeness (QED) is 0.384. The molecule has 0 saturated carbocycles. The molecule has 13 heavy (non-hydrogen) atoms. The van der Waals surface area contributed by atoms with Crippen molar-refractivity contribution < 1.29 is 5.11 Å².